The van der Waals surface area contributed by atoms with Crippen molar-refractivity contribution in [2.45, 2.75) is 13.0 Å². The molecule has 0 spiro atoms. The van der Waals surface area contributed by atoms with Gasteiger partial charge >= 0.3 is 0 Å². The van der Waals surface area contributed by atoms with Gasteiger partial charge in [0.1, 0.15) is 0 Å². The minimum atomic E-state index is 0.193. The molecule has 0 bridgehead atoms. The van der Waals surface area contributed by atoms with E-state index in [2.05, 4.69) is 12.2 Å². The van der Waals surface area contributed by atoms with Gasteiger partial charge < -0.3 is 10.2 Å². The van der Waals surface area contributed by atoms with Crippen LogP contribution < -0.4 is 5.32 Å². The van der Waals surface area contributed by atoms with Crippen LogP contribution in [0.2, 0.25) is 0 Å². The third-order valence-electron chi connectivity index (χ3n) is 1.80. The predicted molar refractivity (Wildman–Crippen MR) is 47.9 cm³/mol. The van der Waals surface area contributed by atoms with Gasteiger partial charge in [-0.15, -0.1) is 0 Å². The zero-order valence-corrected chi connectivity index (χ0v) is 7.78. The largest absolute Gasteiger partial charge is 0.331 e. The third-order valence-corrected chi connectivity index (χ3v) is 2.41. The Morgan fingerprint density at radius 2 is 2.45 bits per heavy atom. The molecule has 1 fully saturated rings. The summed E-state index contributed by atoms with van der Waals surface area (Å²) in [4.78, 5) is 13.1. The van der Waals surface area contributed by atoms with E-state index in [1.807, 2.05) is 11.2 Å². The maximum absolute atomic E-state index is 11.2. The Morgan fingerprint density at radius 3 is 3.00 bits per heavy atom. The maximum Gasteiger partial charge on any atom is 0.281 e. The lowest BCUT2D eigenvalue weighted by atomic mass is 10.2. The first-order chi connectivity index (χ1) is 5.24. The van der Waals surface area contributed by atoms with Crippen LogP contribution in [0.25, 0.3) is 0 Å². The standard InChI is InChI=1S/C7H14N2OS/c1-6-5-9(4-3-8-6)7(10)11-2/h6,8H,3-5H2,1-2H3/t6-/m0/s1. The van der Waals surface area contributed by atoms with Crippen LogP contribution in [0.1, 0.15) is 6.92 Å². The van der Waals surface area contributed by atoms with Gasteiger partial charge in [0.15, 0.2) is 0 Å². The van der Waals surface area contributed by atoms with Crippen LogP contribution in [-0.2, 0) is 0 Å². The van der Waals surface area contributed by atoms with Crippen molar-refractivity contribution in [3.63, 3.8) is 0 Å². The number of hydrogen-bond acceptors (Lipinski definition) is 3. The van der Waals surface area contributed by atoms with Gasteiger partial charge in [0.25, 0.3) is 5.24 Å². The van der Waals surface area contributed by atoms with E-state index < -0.39 is 0 Å². The van der Waals surface area contributed by atoms with E-state index in [9.17, 15) is 4.79 Å². The fraction of sp³-hybridized carbons (Fsp3) is 0.857. The van der Waals surface area contributed by atoms with Gasteiger partial charge in [0.05, 0.1) is 0 Å². The molecule has 11 heavy (non-hydrogen) atoms. The lowest BCUT2D eigenvalue weighted by Gasteiger charge is -2.31. The molecule has 0 aromatic heterocycles. The van der Waals surface area contributed by atoms with E-state index in [1.165, 1.54) is 11.8 Å². The number of carbonyl (C=O) groups excluding carboxylic acids is 1. The molecule has 1 N–H and O–H groups in total. The quantitative estimate of drug-likeness (QED) is 0.588. The zero-order chi connectivity index (χ0) is 8.27. The molecule has 4 heteroatoms. The summed E-state index contributed by atoms with van der Waals surface area (Å²) in [6, 6.07) is 0.444. The molecule has 1 amide bonds. The number of rotatable bonds is 0. The third kappa shape index (κ3) is 2.38. The second-order valence-corrected chi connectivity index (χ2v) is 3.53. The molecular formula is C7H14N2OS. The van der Waals surface area contributed by atoms with Crippen LogP contribution in [0.4, 0.5) is 4.79 Å². The smallest absolute Gasteiger partial charge is 0.281 e. The summed E-state index contributed by atoms with van der Waals surface area (Å²) in [5.41, 5.74) is 0. The van der Waals surface area contributed by atoms with Gasteiger partial charge in [-0.05, 0) is 13.2 Å². The molecule has 0 radical (unpaired) electrons. The average Bonchev–Trinajstić information content (AvgIpc) is 2.03. The Bertz CT molecular complexity index is 151. The van der Waals surface area contributed by atoms with Gasteiger partial charge in [-0.2, -0.15) is 0 Å². The predicted octanol–water partition coefficient (Wildman–Crippen LogP) is 0.763. The molecule has 0 aliphatic carbocycles. The van der Waals surface area contributed by atoms with Gasteiger partial charge in [-0.1, -0.05) is 11.8 Å². The Hall–Kier alpha value is -0.220. The molecule has 1 saturated heterocycles. The minimum absolute atomic E-state index is 0.193. The Labute approximate surface area is 71.5 Å². The number of carbonyl (C=O) groups is 1. The molecule has 0 unspecified atom stereocenters. The van der Waals surface area contributed by atoms with Crippen LogP contribution in [0.5, 0.6) is 0 Å². The van der Waals surface area contributed by atoms with E-state index in [4.69, 9.17) is 0 Å². The normalized spacial score (nSPS) is 25.3. The summed E-state index contributed by atoms with van der Waals surface area (Å²) in [5.74, 6) is 0. The summed E-state index contributed by atoms with van der Waals surface area (Å²) in [7, 11) is 0. The van der Waals surface area contributed by atoms with Crippen molar-refractivity contribution in [3.05, 3.63) is 0 Å². The minimum Gasteiger partial charge on any atom is -0.331 e. The molecule has 1 aliphatic rings. The number of piperazine rings is 1. The van der Waals surface area contributed by atoms with Crippen molar-refractivity contribution in [1.29, 1.82) is 0 Å². The first kappa shape index (κ1) is 8.87. The number of nitrogens with one attached hydrogen (secondary N) is 1. The lowest BCUT2D eigenvalue weighted by Crippen LogP contribution is -2.50. The van der Waals surface area contributed by atoms with Crippen molar-refractivity contribution in [2.75, 3.05) is 25.9 Å². The van der Waals surface area contributed by atoms with E-state index >= 15 is 0 Å². The zero-order valence-electron chi connectivity index (χ0n) is 6.96. The molecule has 3 nitrogen and oxygen atoms in total. The second-order valence-electron chi connectivity index (χ2n) is 2.77. The van der Waals surface area contributed by atoms with E-state index in [0.29, 0.717) is 6.04 Å². The van der Waals surface area contributed by atoms with Gasteiger partial charge in [-0.25, -0.2) is 0 Å². The summed E-state index contributed by atoms with van der Waals surface area (Å²) < 4.78 is 0. The number of nitrogens with zero attached hydrogens (tertiary/aromatic N) is 1. The first-order valence-corrected chi connectivity index (χ1v) is 5.03. The molecule has 0 aromatic rings. The molecule has 1 rings (SSSR count). The van der Waals surface area contributed by atoms with E-state index in [0.717, 1.165) is 19.6 Å². The van der Waals surface area contributed by atoms with Crippen molar-refractivity contribution in [3.8, 4) is 0 Å². The first-order valence-electron chi connectivity index (χ1n) is 3.80. The fourth-order valence-corrected chi connectivity index (χ4v) is 1.65. The second kappa shape index (κ2) is 3.97. The average molecular weight is 174 g/mol. The van der Waals surface area contributed by atoms with E-state index in [-0.39, 0.29) is 5.24 Å². The maximum atomic E-state index is 11.2. The summed E-state index contributed by atoms with van der Waals surface area (Å²) in [5, 5.41) is 3.48. The number of thioether (sulfide) groups is 1. The number of amides is 1. The van der Waals surface area contributed by atoms with Crippen LogP contribution in [-0.4, -0.2) is 42.1 Å². The highest BCUT2D eigenvalue weighted by Crippen LogP contribution is 2.07. The molecular weight excluding hydrogens is 160 g/mol. The van der Waals surface area contributed by atoms with Crippen LogP contribution >= 0.6 is 11.8 Å². The molecule has 1 heterocycles. The fourth-order valence-electron chi connectivity index (χ4n) is 1.23. The SMILES string of the molecule is CSC(=O)N1CCN[C@@H](C)C1. The van der Waals surface area contributed by atoms with Gasteiger partial charge in [0.2, 0.25) is 0 Å². The summed E-state index contributed by atoms with van der Waals surface area (Å²) in [6.07, 6.45) is 1.83. The summed E-state index contributed by atoms with van der Waals surface area (Å²) in [6.45, 7) is 4.72. The molecule has 0 aromatic carbocycles. The highest BCUT2D eigenvalue weighted by atomic mass is 32.2. The highest BCUT2D eigenvalue weighted by molar-refractivity contribution is 8.12. The van der Waals surface area contributed by atoms with Crippen LogP contribution in [0.15, 0.2) is 0 Å². The van der Waals surface area contributed by atoms with Crippen LogP contribution in [0, 0.1) is 0 Å². The molecule has 0 saturated carbocycles. The Balaban J connectivity index is 2.39. The van der Waals surface area contributed by atoms with Crippen molar-refractivity contribution >= 4 is 17.0 Å². The summed E-state index contributed by atoms with van der Waals surface area (Å²) >= 11 is 1.29. The molecule has 1 aliphatic heterocycles. The van der Waals surface area contributed by atoms with Crippen molar-refractivity contribution in [2.24, 2.45) is 0 Å². The van der Waals surface area contributed by atoms with Gasteiger partial charge in [0, 0.05) is 25.7 Å². The molecule has 1 atom stereocenters. The number of hydrogen-bond donors (Lipinski definition) is 1. The van der Waals surface area contributed by atoms with Gasteiger partial charge in [-0.3, -0.25) is 4.79 Å². The lowest BCUT2D eigenvalue weighted by molar-refractivity contribution is 0.203. The Kier molecular flexibility index (Phi) is 3.20. The Morgan fingerprint density at radius 1 is 1.73 bits per heavy atom. The molecule has 64 valence electrons. The van der Waals surface area contributed by atoms with Crippen molar-refractivity contribution < 1.29 is 4.79 Å². The highest BCUT2D eigenvalue weighted by Gasteiger charge is 2.18. The topological polar surface area (TPSA) is 32.3 Å². The van der Waals surface area contributed by atoms with Crippen LogP contribution in [0.3, 0.4) is 0 Å². The monoisotopic (exact) mass is 174 g/mol. The van der Waals surface area contributed by atoms with Crippen molar-refractivity contribution in [1.82, 2.24) is 10.2 Å². The van der Waals surface area contributed by atoms with E-state index in [1.54, 1.807) is 0 Å².